The summed E-state index contributed by atoms with van der Waals surface area (Å²) in [4.78, 5) is 0. The van der Waals surface area contributed by atoms with Crippen LogP contribution in [0, 0.1) is 0 Å². The quantitative estimate of drug-likeness (QED) is 0.496. The number of hydrogen-bond acceptors (Lipinski definition) is 0. The van der Waals surface area contributed by atoms with Crippen molar-refractivity contribution in [2.45, 2.75) is 36.6 Å². The zero-order chi connectivity index (χ0) is 5.70. The fourth-order valence-electron chi connectivity index (χ4n) is 0.866. The van der Waals surface area contributed by atoms with Gasteiger partial charge in [0.15, 0.2) is 0 Å². The van der Waals surface area contributed by atoms with Crippen LogP contribution < -0.4 is 0 Å². The van der Waals surface area contributed by atoms with Crippen molar-refractivity contribution in [3.05, 3.63) is 0 Å². The zero-order valence-electron chi connectivity index (χ0n) is 6.70. The second-order valence-electron chi connectivity index (χ2n) is 2.09. The second-order valence-corrected chi connectivity index (χ2v) is 6.27. The van der Waals surface area contributed by atoms with E-state index in [-0.39, 0.29) is 15.6 Å². The van der Waals surface area contributed by atoms with Gasteiger partial charge >= 0.3 is 0 Å². The summed E-state index contributed by atoms with van der Waals surface area (Å²) in [6.45, 7) is 6.97. The Labute approximate surface area is 52.8 Å². The maximum atomic E-state index is 2.32. The summed E-state index contributed by atoms with van der Waals surface area (Å²) in [7, 11) is 0. The minimum Gasteiger partial charge on any atom is -1.00 e. The molecule has 0 aliphatic carbocycles. The van der Waals surface area contributed by atoms with Gasteiger partial charge in [0.2, 0.25) is 0 Å². The monoisotopic (exact) mass is 115 g/mol. The minimum absolute atomic E-state index is 0. The molecular formula is C6H16Al-. The van der Waals surface area contributed by atoms with E-state index in [4.69, 9.17) is 0 Å². The Hall–Kier alpha value is 0.532. The van der Waals surface area contributed by atoms with Gasteiger partial charge in [-0.05, 0) is 0 Å². The largest absolute Gasteiger partial charge is 1.00 e. The van der Waals surface area contributed by atoms with Crippen LogP contribution in [-0.4, -0.2) is 14.1 Å². The molecule has 7 heavy (non-hydrogen) atoms. The summed E-state index contributed by atoms with van der Waals surface area (Å²) in [5.41, 5.74) is 0. The highest BCUT2D eigenvalue weighted by Crippen LogP contribution is 2.01. The maximum absolute atomic E-state index is 2.32. The molecule has 0 heterocycles. The van der Waals surface area contributed by atoms with E-state index in [1.165, 1.54) is 15.8 Å². The second kappa shape index (κ2) is 4.69. The molecular weight excluding hydrogens is 99.0 g/mol. The van der Waals surface area contributed by atoms with Gasteiger partial charge < -0.3 is 1.43 Å². The molecule has 1 heteroatoms. The Morgan fingerprint density at radius 3 is 1.29 bits per heavy atom. The Kier molecular flexibility index (Phi) is 5.04. The molecule has 0 aliphatic rings. The fourth-order valence-corrected chi connectivity index (χ4v) is 2.60. The minimum atomic E-state index is -0.171. The molecule has 0 N–H and O–H groups in total. The average Bonchev–Trinajstić information content (AvgIpc) is 1.72. The van der Waals surface area contributed by atoms with Gasteiger partial charge in [0, 0.05) is 0 Å². The molecule has 0 nitrogen and oxygen atoms in total. The highest BCUT2D eigenvalue weighted by atomic mass is 27.2. The summed E-state index contributed by atoms with van der Waals surface area (Å²) >= 11 is -0.171. The molecule has 0 unspecified atom stereocenters. The molecule has 0 radical (unpaired) electrons. The molecule has 0 bridgehead atoms. The third-order valence-corrected chi connectivity index (χ3v) is 5.20. The molecule has 44 valence electrons. The molecule has 0 aliphatic heterocycles. The van der Waals surface area contributed by atoms with Crippen LogP contribution in [0.3, 0.4) is 0 Å². The van der Waals surface area contributed by atoms with Crippen LogP contribution in [0.15, 0.2) is 0 Å². The van der Waals surface area contributed by atoms with Crippen LogP contribution in [0.1, 0.15) is 22.2 Å². The molecule has 0 aromatic heterocycles. The third kappa shape index (κ3) is 3.14. The molecule has 0 spiro atoms. The Morgan fingerprint density at radius 1 is 1.00 bits per heavy atom. The van der Waals surface area contributed by atoms with Crippen molar-refractivity contribution >= 4 is 14.1 Å². The summed E-state index contributed by atoms with van der Waals surface area (Å²) < 4.78 is 0. The van der Waals surface area contributed by atoms with E-state index in [9.17, 15) is 0 Å². The van der Waals surface area contributed by atoms with Gasteiger partial charge in [-0.1, -0.05) is 36.6 Å². The molecule has 0 aromatic rings. The van der Waals surface area contributed by atoms with Crippen molar-refractivity contribution in [1.82, 2.24) is 0 Å². The Balaban J connectivity index is 0. The van der Waals surface area contributed by atoms with E-state index in [0.29, 0.717) is 0 Å². The van der Waals surface area contributed by atoms with E-state index in [2.05, 4.69) is 20.8 Å². The number of rotatable bonds is 3. The first-order valence-electron chi connectivity index (χ1n) is 3.35. The van der Waals surface area contributed by atoms with Gasteiger partial charge in [-0.25, -0.2) is 0 Å². The van der Waals surface area contributed by atoms with E-state index >= 15 is 0 Å². The summed E-state index contributed by atoms with van der Waals surface area (Å²) in [6.07, 6.45) is 0. The van der Waals surface area contributed by atoms with Gasteiger partial charge in [0.1, 0.15) is 0 Å². The van der Waals surface area contributed by atoms with E-state index in [1.54, 1.807) is 0 Å². The topological polar surface area (TPSA) is 0 Å². The van der Waals surface area contributed by atoms with Crippen LogP contribution in [0.4, 0.5) is 0 Å². The molecule has 0 aromatic carbocycles. The lowest BCUT2D eigenvalue weighted by molar-refractivity contribution is 1.24. The van der Waals surface area contributed by atoms with Crippen molar-refractivity contribution in [2.75, 3.05) is 0 Å². The molecule has 0 atom stereocenters. The Morgan fingerprint density at radius 2 is 1.29 bits per heavy atom. The predicted octanol–water partition coefficient (Wildman–Crippen LogP) is 2.65. The van der Waals surface area contributed by atoms with Crippen LogP contribution in [-0.2, 0) is 0 Å². The first kappa shape index (κ1) is 7.53. The third-order valence-electron chi connectivity index (χ3n) is 1.73. The van der Waals surface area contributed by atoms with Gasteiger partial charge in [-0.2, -0.15) is 0 Å². The smallest absolute Gasteiger partial charge is 0.261 e. The van der Waals surface area contributed by atoms with Crippen LogP contribution in [0.25, 0.3) is 0 Å². The van der Waals surface area contributed by atoms with Crippen molar-refractivity contribution in [3.63, 3.8) is 0 Å². The maximum Gasteiger partial charge on any atom is 0.261 e. The molecule has 0 saturated heterocycles. The lowest BCUT2D eigenvalue weighted by Gasteiger charge is -1.97. The highest BCUT2D eigenvalue weighted by molar-refractivity contribution is 6.58. The normalized spacial score (nSPS) is 9.00. The first-order chi connectivity index (χ1) is 3.35. The fraction of sp³-hybridized carbons (Fsp3) is 1.00. The van der Waals surface area contributed by atoms with E-state index in [1.807, 2.05) is 0 Å². The average molecular weight is 115 g/mol. The predicted molar refractivity (Wildman–Crippen MR) is 38.3 cm³/mol. The van der Waals surface area contributed by atoms with Gasteiger partial charge in [-0.3, -0.25) is 0 Å². The molecule has 0 amide bonds. The first-order valence-corrected chi connectivity index (χ1v) is 5.80. The molecule has 0 fully saturated rings. The molecule has 0 saturated carbocycles. The van der Waals surface area contributed by atoms with E-state index < -0.39 is 0 Å². The summed E-state index contributed by atoms with van der Waals surface area (Å²) in [5.74, 6) is 0. The van der Waals surface area contributed by atoms with E-state index in [0.717, 1.165) is 0 Å². The lowest BCUT2D eigenvalue weighted by Crippen LogP contribution is -2.04. The van der Waals surface area contributed by atoms with Crippen molar-refractivity contribution in [2.24, 2.45) is 0 Å². The van der Waals surface area contributed by atoms with Crippen molar-refractivity contribution in [1.29, 1.82) is 0 Å². The SMILES string of the molecule is C[CH2][Al]([CH2]C)[CH2]C.[H-]. The van der Waals surface area contributed by atoms with Crippen molar-refractivity contribution in [3.8, 4) is 0 Å². The van der Waals surface area contributed by atoms with Crippen molar-refractivity contribution < 1.29 is 1.43 Å². The Bertz CT molecular complexity index is 30.0. The zero-order valence-corrected chi connectivity index (χ0v) is 6.85. The van der Waals surface area contributed by atoms with Gasteiger partial charge in [-0.15, -0.1) is 0 Å². The number of hydrogen-bond donors (Lipinski definition) is 0. The lowest BCUT2D eigenvalue weighted by atomic mass is 10.9. The highest BCUT2D eigenvalue weighted by Gasteiger charge is 2.05. The summed E-state index contributed by atoms with van der Waals surface area (Å²) in [6, 6.07) is 0. The standard InChI is InChI=1S/3C2H5.Al.H/c3*1-2;;/h3*1H2,2H3;;/q;;;;-1. The van der Waals surface area contributed by atoms with Gasteiger partial charge in [0.25, 0.3) is 14.1 Å². The van der Waals surface area contributed by atoms with Crippen LogP contribution in [0.2, 0.25) is 15.8 Å². The van der Waals surface area contributed by atoms with Crippen LogP contribution in [0.5, 0.6) is 0 Å². The van der Waals surface area contributed by atoms with Gasteiger partial charge in [0.05, 0.1) is 0 Å². The summed E-state index contributed by atoms with van der Waals surface area (Å²) in [5, 5.41) is 4.48. The van der Waals surface area contributed by atoms with Crippen LogP contribution >= 0.6 is 0 Å². The molecule has 0 rings (SSSR count).